The number of rotatable bonds is 6. The Morgan fingerprint density at radius 2 is 1.96 bits per heavy atom. The van der Waals surface area contributed by atoms with Crippen molar-refractivity contribution in [1.82, 2.24) is 15.5 Å². The molecule has 2 aliphatic rings. The first kappa shape index (κ1) is 20.1. The van der Waals surface area contributed by atoms with Crippen LogP contribution in [-0.4, -0.2) is 68.5 Å². The molecule has 3 rings (SSSR count). The van der Waals surface area contributed by atoms with Crippen molar-refractivity contribution in [1.29, 1.82) is 0 Å². The number of likely N-dealkylation sites (tertiary alicyclic amines) is 1. The highest BCUT2D eigenvalue weighted by molar-refractivity contribution is 6.02. The summed E-state index contributed by atoms with van der Waals surface area (Å²) in [4.78, 5) is 40.0. The summed E-state index contributed by atoms with van der Waals surface area (Å²) in [6.45, 7) is 2.34. The molecule has 0 unspecified atom stereocenters. The number of aryl methyl sites for hydroxylation is 1. The molecule has 1 aromatic rings. The lowest BCUT2D eigenvalue weighted by Gasteiger charge is -2.30. The number of carbonyl (C=O) groups is 3. The van der Waals surface area contributed by atoms with E-state index < -0.39 is 0 Å². The second kappa shape index (κ2) is 8.60. The van der Waals surface area contributed by atoms with Gasteiger partial charge in [0, 0.05) is 32.1 Å². The molecule has 0 bridgehead atoms. The summed E-state index contributed by atoms with van der Waals surface area (Å²) in [6.07, 6.45) is 2.33. The monoisotopic (exact) mass is 388 g/mol. The molecule has 0 spiro atoms. The SMILES string of the molecule is CNC(=O)C[C@H]1CC[C@@H](CNC(=O)CN2C(=O)COc3ccc(C)cc32)N1C. The van der Waals surface area contributed by atoms with Crippen molar-refractivity contribution in [2.24, 2.45) is 0 Å². The molecule has 1 aromatic carbocycles. The first-order chi connectivity index (χ1) is 13.4. The van der Waals surface area contributed by atoms with Gasteiger partial charge >= 0.3 is 0 Å². The smallest absolute Gasteiger partial charge is 0.265 e. The number of anilines is 1. The molecule has 0 radical (unpaired) electrons. The van der Waals surface area contributed by atoms with Crippen LogP contribution < -0.4 is 20.3 Å². The topological polar surface area (TPSA) is 91.0 Å². The van der Waals surface area contributed by atoms with E-state index in [2.05, 4.69) is 15.5 Å². The molecule has 3 amide bonds. The van der Waals surface area contributed by atoms with Crippen molar-refractivity contribution in [3.63, 3.8) is 0 Å². The van der Waals surface area contributed by atoms with Crippen LogP contribution in [0.5, 0.6) is 5.75 Å². The van der Waals surface area contributed by atoms with Crippen LogP contribution >= 0.6 is 0 Å². The zero-order chi connectivity index (χ0) is 20.3. The number of hydrogen-bond acceptors (Lipinski definition) is 5. The molecule has 2 heterocycles. The Balaban J connectivity index is 1.55. The molecule has 28 heavy (non-hydrogen) atoms. The standard InChI is InChI=1S/C20H28N4O4/c1-13-4-7-17-16(8-13)24(20(27)12-28-17)11-19(26)22-10-15-6-5-14(23(15)3)9-18(25)21-2/h4,7-8,14-15H,5-6,9-12H2,1-3H3,(H,21,25)(H,22,26)/t14-,15+/m1/s1. The molecule has 2 N–H and O–H groups in total. The minimum absolute atomic E-state index is 0.0290. The maximum Gasteiger partial charge on any atom is 0.265 e. The molecule has 0 aromatic heterocycles. The van der Waals surface area contributed by atoms with Gasteiger partial charge in [-0.25, -0.2) is 0 Å². The minimum atomic E-state index is -0.225. The molecule has 2 atom stereocenters. The van der Waals surface area contributed by atoms with Gasteiger partial charge in [0.1, 0.15) is 12.3 Å². The van der Waals surface area contributed by atoms with E-state index in [0.717, 1.165) is 18.4 Å². The highest BCUT2D eigenvalue weighted by Crippen LogP contribution is 2.32. The predicted molar refractivity (Wildman–Crippen MR) is 105 cm³/mol. The van der Waals surface area contributed by atoms with Gasteiger partial charge in [0.2, 0.25) is 11.8 Å². The number of ether oxygens (including phenoxy) is 1. The van der Waals surface area contributed by atoms with Crippen molar-refractivity contribution in [2.45, 2.75) is 38.3 Å². The van der Waals surface area contributed by atoms with E-state index >= 15 is 0 Å². The van der Waals surface area contributed by atoms with Gasteiger partial charge in [-0.05, 0) is 44.5 Å². The van der Waals surface area contributed by atoms with Crippen LogP contribution in [-0.2, 0) is 14.4 Å². The fourth-order valence-corrected chi connectivity index (χ4v) is 3.82. The van der Waals surface area contributed by atoms with Gasteiger partial charge < -0.3 is 15.4 Å². The molecule has 152 valence electrons. The van der Waals surface area contributed by atoms with Gasteiger partial charge in [-0.2, -0.15) is 0 Å². The maximum absolute atomic E-state index is 12.5. The van der Waals surface area contributed by atoms with Crippen molar-refractivity contribution in [2.75, 3.05) is 38.7 Å². The number of hydrogen-bond donors (Lipinski definition) is 2. The Hall–Kier alpha value is -2.61. The highest BCUT2D eigenvalue weighted by atomic mass is 16.5. The summed E-state index contributed by atoms with van der Waals surface area (Å²) >= 11 is 0. The molecular weight excluding hydrogens is 360 g/mol. The average Bonchev–Trinajstić information content (AvgIpc) is 3.02. The largest absolute Gasteiger partial charge is 0.482 e. The molecular formula is C20H28N4O4. The first-order valence-electron chi connectivity index (χ1n) is 9.62. The Morgan fingerprint density at radius 1 is 1.21 bits per heavy atom. The van der Waals surface area contributed by atoms with Crippen molar-refractivity contribution >= 4 is 23.4 Å². The first-order valence-corrected chi connectivity index (χ1v) is 9.62. The van der Waals surface area contributed by atoms with Crippen LogP contribution in [0, 0.1) is 6.92 Å². The summed E-state index contributed by atoms with van der Waals surface area (Å²) in [7, 11) is 3.63. The summed E-state index contributed by atoms with van der Waals surface area (Å²) in [6, 6.07) is 5.97. The quantitative estimate of drug-likeness (QED) is 0.738. The van der Waals surface area contributed by atoms with E-state index in [1.807, 2.05) is 32.2 Å². The van der Waals surface area contributed by atoms with E-state index in [-0.39, 0.29) is 43.0 Å². The number of amides is 3. The van der Waals surface area contributed by atoms with Crippen LogP contribution in [0.1, 0.15) is 24.8 Å². The highest BCUT2D eigenvalue weighted by Gasteiger charge is 2.32. The van der Waals surface area contributed by atoms with Crippen LogP contribution in [0.3, 0.4) is 0 Å². The average molecular weight is 388 g/mol. The van der Waals surface area contributed by atoms with Crippen LogP contribution in [0.2, 0.25) is 0 Å². The van der Waals surface area contributed by atoms with E-state index in [4.69, 9.17) is 4.74 Å². The number of benzene rings is 1. The number of nitrogens with one attached hydrogen (secondary N) is 2. The molecule has 1 saturated heterocycles. The molecule has 8 nitrogen and oxygen atoms in total. The summed E-state index contributed by atoms with van der Waals surface area (Å²) < 4.78 is 5.45. The third-order valence-corrected chi connectivity index (χ3v) is 5.58. The maximum atomic E-state index is 12.5. The fraction of sp³-hybridized carbons (Fsp3) is 0.550. The van der Waals surface area contributed by atoms with Gasteiger partial charge in [-0.1, -0.05) is 6.07 Å². The lowest BCUT2D eigenvalue weighted by Crippen LogP contribution is -2.48. The third kappa shape index (κ3) is 4.44. The van der Waals surface area contributed by atoms with E-state index in [1.165, 1.54) is 4.90 Å². The van der Waals surface area contributed by atoms with E-state index in [0.29, 0.717) is 24.4 Å². The van der Waals surface area contributed by atoms with Crippen LogP contribution in [0.4, 0.5) is 5.69 Å². The number of nitrogens with zero attached hydrogens (tertiary/aromatic N) is 2. The van der Waals surface area contributed by atoms with Crippen molar-refractivity contribution < 1.29 is 19.1 Å². The third-order valence-electron chi connectivity index (χ3n) is 5.58. The van der Waals surface area contributed by atoms with Crippen molar-refractivity contribution in [3.8, 4) is 5.75 Å². The predicted octanol–water partition coefficient (Wildman–Crippen LogP) is 0.436. The van der Waals surface area contributed by atoms with Gasteiger partial charge in [-0.15, -0.1) is 0 Å². The zero-order valence-corrected chi connectivity index (χ0v) is 16.7. The molecule has 1 fully saturated rings. The minimum Gasteiger partial charge on any atom is -0.482 e. The van der Waals surface area contributed by atoms with E-state index in [1.54, 1.807) is 7.05 Å². The zero-order valence-electron chi connectivity index (χ0n) is 16.7. The van der Waals surface area contributed by atoms with Gasteiger partial charge in [-0.3, -0.25) is 24.2 Å². The normalized spacial score (nSPS) is 21.8. The Bertz CT molecular complexity index is 767. The second-order valence-electron chi connectivity index (χ2n) is 7.47. The Morgan fingerprint density at radius 3 is 2.71 bits per heavy atom. The fourth-order valence-electron chi connectivity index (χ4n) is 3.82. The molecule has 8 heteroatoms. The number of likely N-dealkylation sites (N-methyl/N-ethyl adjacent to an activating group) is 1. The molecule has 2 aliphatic heterocycles. The van der Waals surface area contributed by atoms with Crippen LogP contribution in [0.25, 0.3) is 0 Å². The van der Waals surface area contributed by atoms with Crippen molar-refractivity contribution in [3.05, 3.63) is 23.8 Å². The second-order valence-corrected chi connectivity index (χ2v) is 7.47. The number of carbonyl (C=O) groups excluding carboxylic acids is 3. The lowest BCUT2D eigenvalue weighted by molar-refractivity contribution is -0.125. The van der Waals surface area contributed by atoms with Gasteiger partial charge in [0.25, 0.3) is 5.91 Å². The van der Waals surface area contributed by atoms with Crippen LogP contribution in [0.15, 0.2) is 18.2 Å². The van der Waals surface area contributed by atoms with Gasteiger partial charge in [0.05, 0.1) is 5.69 Å². The molecule has 0 saturated carbocycles. The summed E-state index contributed by atoms with van der Waals surface area (Å²) in [5.74, 6) is 0.217. The Kier molecular flexibility index (Phi) is 6.18. The van der Waals surface area contributed by atoms with E-state index in [9.17, 15) is 14.4 Å². The Labute approximate surface area is 165 Å². The number of fused-ring (bicyclic) bond motifs is 1. The summed E-state index contributed by atoms with van der Waals surface area (Å²) in [5.41, 5.74) is 1.63. The van der Waals surface area contributed by atoms with Gasteiger partial charge in [0.15, 0.2) is 6.61 Å². The molecule has 0 aliphatic carbocycles. The lowest BCUT2D eigenvalue weighted by atomic mass is 10.1. The summed E-state index contributed by atoms with van der Waals surface area (Å²) in [5, 5.41) is 5.60.